The van der Waals surface area contributed by atoms with E-state index in [1.54, 1.807) is 23.5 Å². The van der Waals surface area contributed by atoms with Crippen LogP contribution in [0.25, 0.3) is 16.7 Å². The number of nitrogens with one attached hydrogen (secondary N) is 1. The maximum atomic E-state index is 12.6. The second-order valence-electron chi connectivity index (χ2n) is 7.50. The van der Waals surface area contributed by atoms with Gasteiger partial charge in [-0.2, -0.15) is 10.2 Å². The summed E-state index contributed by atoms with van der Waals surface area (Å²) in [4.78, 5) is 26.6. The van der Waals surface area contributed by atoms with Crippen molar-refractivity contribution >= 4 is 11.0 Å². The molecule has 3 aromatic heterocycles. The Morgan fingerprint density at radius 2 is 2.07 bits per heavy atom. The number of aromatic nitrogens is 7. The van der Waals surface area contributed by atoms with Gasteiger partial charge in [0.2, 0.25) is 0 Å². The van der Waals surface area contributed by atoms with Gasteiger partial charge in [-0.1, -0.05) is 18.2 Å². The zero-order valence-electron chi connectivity index (χ0n) is 16.0. The molecule has 0 bridgehead atoms. The predicted octanol–water partition coefficient (Wildman–Crippen LogP) is 1.61. The van der Waals surface area contributed by atoms with Crippen molar-refractivity contribution in [1.29, 1.82) is 0 Å². The summed E-state index contributed by atoms with van der Waals surface area (Å²) < 4.78 is 3.61. The number of para-hydroxylation sites is 1. The predicted molar refractivity (Wildman–Crippen MR) is 108 cm³/mol. The van der Waals surface area contributed by atoms with Gasteiger partial charge in [-0.3, -0.25) is 14.4 Å². The Hall–Kier alpha value is -3.33. The van der Waals surface area contributed by atoms with Gasteiger partial charge in [-0.15, -0.1) is 0 Å². The molecular weight excluding hydrogens is 368 g/mol. The normalized spacial score (nSPS) is 17.7. The number of fused-ring (bicyclic) bond motifs is 1. The molecule has 0 amide bonds. The van der Waals surface area contributed by atoms with E-state index in [1.165, 1.54) is 6.42 Å². The second-order valence-corrected chi connectivity index (χ2v) is 7.50. The second kappa shape index (κ2) is 7.59. The van der Waals surface area contributed by atoms with Crippen LogP contribution in [0.1, 0.15) is 18.7 Å². The molecule has 4 heterocycles. The zero-order valence-corrected chi connectivity index (χ0v) is 16.0. The van der Waals surface area contributed by atoms with Gasteiger partial charge in [0, 0.05) is 13.1 Å². The molecule has 29 heavy (non-hydrogen) atoms. The van der Waals surface area contributed by atoms with Gasteiger partial charge in [0.05, 0.1) is 18.4 Å². The molecule has 1 aromatic carbocycles. The zero-order chi connectivity index (χ0) is 19.6. The standard InChI is InChI=1S/C20H22N8O/c29-20-17-9-22-28(16-6-2-1-3-7-16)19(17)24-18(25-20)12-26-8-4-5-15(10-26)11-27-14-21-13-23-27/h1-3,6-7,9,13-15H,4-5,8,10-12H2,(H,24,25,29). The first-order chi connectivity index (χ1) is 14.3. The molecule has 1 fully saturated rings. The quantitative estimate of drug-likeness (QED) is 0.556. The molecule has 9 heteroatoms. The molecule has 1 unspecified atom stereocenters. The van der Waals surface area contributed by atoms with Gasteiger partial charge in [0.25, 0.3) is 5.56 Å². The molecule has 0 radical (unpaired) electrons. The average molecular weight is 390 g/mol. The van der Waals surface area contributed by atoms with Crippen LogP contribution in [0.3, 0.4) is 0 Å². The molecule has 9 nitrogen and oxygen atoms in total. The number of hydrogen-bond donors (Lipinski definition) is 1. The van der Waals surface area contributed by atoms with Gasteiger partial charge in [0.15, 0.2) is 5.65 Å². The van der Waals surface area contributed by atoms with Gasteiger partial charge in [0.1, 0.15) is 23.9 Å². The van der Waals surface area contributed by atoms with E-state index in [1.807, 2.05) is 35.0 Å². The largest absolute Gasteiger partial charge is 0.309 e. The molecule has 5 rings (SSSR count). The Kier molecular flexibility index (Phi) is 4.65. The minimum absolute atomic E-state index is 0.150. The summed E-state index contributed by atoms with van der Waals surface area (Å²) in [6.07, 6.45) is 7.19. The first-order valence-electron chi connectivity index (χ1n) is 9.83. The number of piperidine rings is 1. The molecule has 0 saturated carbocycles. The monoisotopic (exact) mass is 390 g/mol. The van der Waals surface area contributed by atoms with Crippen LogP contribution in [0.2, 0.25) is 0 Å². The molecule has 4 aromatic rings. The van der Waals surface area contributed by atoms with Gasteiger partial charge in [-0.05, 0) is 37.4 Å². The van der Waals surface area contributed by atoms with E-state index < -0.39 is 0 Å². The fourth-order valence-corrected chi connectivity index (χ4v) is 4.04. The Balaban J connectivity index is 1.38. The van der Waals surface area contributed by atoms with Crippen molar-refractivity contribution in [3.05, 3.63) is 65.4 Å². The summed E-state index contributed by atoms with van der Waals surface area (Å²) in [5.74, 6) is 1.18. The van der Waals surface area contributed by atoms with Crippen LogP contribution in [0.15, 0.2) is 54.0 Å². The van der Waals surface area contributed by atoms with Crippen molar-refractivity contribution in [2.45, 2.75) is 25.9 Å². The third kappa shape index (κ3) is 3.68. The minimum Gasteiger partial charge on any atom is -0.309 e. The number of benzene rings is 1. The fraction of sp³-hybridized carbons (Fsp3) is 0.350. The van der Waals surface area contributed by atoms with Crippen molar-refractivity contribution in [2.24, 2.45) is 5.92 Å². The van der Waals surface area contributed by atoms with E-state index in [2.05, 4.69) is 25.1 Å². The molecule has 1 aliphatic heterocycles. The van der Waals surface area contributed by atoms with Crippen LogP contribution in [-0.2, 0) is 13.1 Å². The lowest BCUT2D eigenvalue weighted by molar-refractivity contribution is 0.150. The Labute approximate surface area is 167 Å². The number of rotatable bonds is 5. The fourth-order valence-electron chi connectivity index (χ4n) is 4.04. The van der Waals surface area contributed by atoms with Crippen LogP contribution in [-0.4, -0.2) is 52.5 Å². The lowest BCUT2D eigenvalue weighted by Crippen LogP contribution is -2.37. The number of H-pyrrole nitrogens is 1. The Morgan fingerprint density at radius 1 is 1.17 bits per heavy atom. The third-order valence-corrected chi connectivity index (χ3v) is 5.38. The van der Waals surface area contributed by atoms with E-state index >= 15 is 0 Å². The molecule has 1 N–H and O–H groups in total. The molecule has 1 saturated heterocycles. The molecule has 1 atom stereocenters. The van der Waals surface area contributed by atoms with Crippen molar-refractivity contribution in [3.63, 3.8) is 0 Å². The summed E-state index contributed by atoms with van der Waals surface area (Å²) in [6, 6.07) is 9.75. The van der Waals surface area contributed by atoms with Gasteiger partial charge >= 0.3 is 0 Å². The number of hydrogen-bond acceptors (Lipinski definition) is 6. The van der Waals surface area contributed by atoms with E-state index in [-0.39, 0.29) is 5.56 Å². The molecule has 0 aliphatic carbocycles. The number of likely N-dealkylation sites (tertiary alicyclic amines) is 1. The molecule has 148 valence electrons. The Bertz CT molecular complexity index is 1150. The minimum atomic E-state index is -0.150. The smallest absolute Gasteiger partial charge is 0.262 e. The summed E-state index contributed by atoms with van der Waals surface area (Å²) >= 11 is 0. The third-order valence-electron chi connectivity index (χ3n) is 5.38. The van der Waals surface area contributed by atoms with Crippen LogP contribution in [0, 0.1) is 5.92 Å². The topological polar surface area (TPSA) is 97.5 Å². The summed E-state index contributed by atoms with van der Waals surface area (Å²) in [5, 5.41) is 9.09. The van der Waals surface area contributed by atoms with Crippen LogP contribution in [0.4, 0.5) is 0 Å². The van der Waals surface area contributed by atoms with E-state index in [9.17, 15) is 4.79 Å². The van der Waals surface area contributed by atoms with E-state index in [0.717, 1.165) is 31.7 Å². The van der Waals surface area contributed by atoms with Gasteiger partial charge in [-0.25, -0.2) is 14.6 Å². The molecular formula is C20H22N8O. The highest BCUT2D eigenvalue weighted by Crippen LogP contribution is 2.20. The maximum absolute atomic E-state index is 12.6. The van der Waals surface area contributed by atoms with Crippen molar-refractivity contribution in [1.82, 2.24) is 39.4 Å². The van der Waals surface area contributed by atoms with Crippen LogP contribution >= 0.6 is 0 Å². The number of aromatic amines is 1. The lowest BCUT2D eigenvalue weighted by Gasteiger charge is -2.32. The summed E-state index contributed by atoms with van der Waals surface area (Å²) in [5.41, 5.74) is 1.33. The van der Waals surface area contributed by atoms with Crippen molar-refractivity contribution in [2.75, 3.05) is 13.1 Å². The summed E-state index contributed by atoms with van der Waals surface area (Å²) in [6.45, 7) is 3.41. The molecule has 1 aliphatic rings. The maximum Gasteiger partial charge on any atom is 0.262 e. The highest BCUT2D eigenvalue weighted by molar-refractivity contribution is 5.75. The van der Waals surface area contributed by atoms with Crippen LogP contribution in [0.5, 0.6) is 0 Å². The van der Waals surface area contributed by atoms with Crippen LogP contribution < -0.4 is 5.56 Å². The van der Waals surface area contributed by atoms with Gasteiger partial charge < -0.3 is 4.98 Å². The summed E-state index contributed by atoms with van der Waals surface area (Å²) in [7, 11) is 0. The average Bonchev–Trinajstić information content (AvgIpc) is 3.39. The number of nitrogens with zero attached hydrogens (tertiary/aromatic N) is 7. The Morgan fingerprint density at radius 3 is 2.90 bits per heavy atom. The first kappa shape index (κ1) is 17.7. The van der Waals surface area contributed by atoms with E-state index in [0.29, 0.717) is 29.3 Å². The van der Waals surface area contributed by atoms with Crippen molar-refractivity contribution < 1.29 is 0 Å². The first-order valence-corrected chi connectivity index (χ1v) is 9.83. The van der Waals surface area contributed by atoms with E-state index in [4.69, 9.17) is 4.98 Å². The molecule has 0 spiro atoms. The highest BCUT2D eigenvalue weighted by atomic mass is 16.1. The van der Waals surface area contributed by atoms with Crippen molar-refractivity contribution in [3.8, 4) is 5.69 Å². The highest BCUT2D eigenvalue weighted by Gasteiger charge is 2.22. The SMILES string of the molecule is O=c1[nH]c(CN2CCCC(Cn3cncn3)C2)nc2c1cnn2-c1ccccc1. The lowest BCUT2D eigenvalue weighted by atomic mass is 9.98.